The lowest BCUT2D eigenvalue weighted by molar-refractivity contribution is -0.137. The van der Waals surface area contributed by atoms with Crippen molar-refractivity contribution in [2.75, 3.05) is 19.6 Å². The maximum atomic E-state index is 6.13. The van der Waals surface area contributed by atoms with Crippen LogP contribution in [0.25, 0.3) is 0 Å². The summed E-state index contributed by atoms with van der Waals surface area (Å²) in [4.78, 5) is 2.50. The number of nitrogens with two attached hydrogens (primary N) is 1. The molecule has 1 saturated carbocycles. The third kappa shape index (κ3) is 3.47. The van der Waals surface area contributed by atoms with Crippen molar-refractivity contribution in [2.45, 2.75) is 57.3 Å². The van der Waals surface area contributed by atoms with E-state index in [9.17, 15) is 0 Å². The Morgan fingerprint density at radius 1 is 1.38 bits per heavy atom. The summed E-state index contributed by atoms with van der Waals surface area (Å²) in [5.41, 5.74) is 8.89. The van der Waals surface area contributed by atoms with Crippen molar-refractivity contribution in [1.82, 2.24) is 4.90 Å². The predicted octanol–water partition coefficient (Wildman–Crippen LogP) is 3.06. The topological polar surface area (TPSA) is 38.5 Å². The van der Waals surface area contributed by atoms with Gasteiger partial charge in [-0.25, -0.2) is 0 Å². The van der Waals surface area contributed by atoms with E-state index in [1.54, 1.807) is 0 Å². The van der Waals surface area contributed by atoms with Gasteiger partial charge in [0.25, 0.3) is 0 Å². The van der Waals surface area contributed by atoms with Crippen LogP contribution in [0.2, 0.25) is 0 Å². The molecule has 3 nitrogen and oxygen atoms in total. The van der Waals surface area contributed by atoms with Gasteiger partial charge in [0.05, 0.1) is 11.7 Å². The molecule has 0 bridgehead atoms. The van der Waals surface area contributed by atoms with Crippen molar-refractivity contribution in [3.8, 4) is 0 Å². The molecule has 0 radical (unpaired) electrons. The molecular weight excluding hydrogens is 260 g/mol. The highest BCUT2D eigenvalue weighted by molar-refractivity contribution is 5.31. The molecule has 2 atom stereocenters. The summed E-state index contributed by atoms with van der Waals surface area (Å²) in [7, 11) is 0. The molecule has 3 rings (SSSR count). The van der Waals surface area contributed by atoms with E-state index in [1.165, 1.54) is 24.0 Å². The lowest BCUT2D eigenvalue weighted by Gasteiger charge is -2.45. The molecule has 1 aromatic rings. The maximum absolute atomic E-state index is 6.13. The summed E-state index contributed by atoms with van der Waals surface area (Å²) in [5, 5.41) is 0. The van der Waals surface area contributed by atoms with Crippen LogP contribution in [0.1, 0.15) is 56.7 Å². The Hall–Kier alpha value is -0.900. The summed E-state index contributed by atoms with van der Waals surface area (Å²) in [5.74, 6) is 0.795. The van der Waals surface area contributed by atoms with E-state index >= 15 is 0 Å². The molecule has 3 heteroatoms. The average Bonchev–Trinajstić information content (AvgIpc) is 3.22. The van der Waals surface area contributed by atoms with Gasteiger partial charge in [0.15, 0.2) is 0 Å². The van der Waals surface area contributed by atoms with Crippen LogP contribution in [-0.4, -0.2) is 36.2 Å². The Bertz CT molecular complexity index is 496. The quantitative estimate of drug-likeness (QED) is 0.925. The van der Waals surface area contributed by atoms with E-state index in [-0.39, 0.29) is 11.7 Å². The average molecular weight is 288 g/mol. The van der Waals surface area contributed by atoms with E-state index in [1.807, 2.05) is 0 Å². The molecule has 1 aliphatic carbocycles. The zero-order chi connectivity index (χ0) is 15.0. The van der Waals surface area contributed by atoms with Crippen LogP contribution in [0.3, 0.4) is 0 Å². The maximum Gasteiger partial charge on any atom is 0.0757 e. The number of nitrogens with zero attached hydrogens (tertiary/aromatic N) is 1. The lowest BCUT2D eigenvalue weighted by atomic mass is 9.97. The summed E-state index contributed by atoms with van der Waals surface area (Å²) in [6.07, 6.45) is 2.95. The molecule has 21 heavy (non-hydrogen) atoms. The first-order valence-electron chi connectivity index (χ1n) is 8.20. The van der Waals surface area contributed by atoms with Gasteiger partial charge in [-0.05, 0) is 50.7 Å². The molecule has 2 unspecified atom stereocenters. The first-order valence-corrected chi connectivity index (χ1v) is 8.20. The minimum atomic E-state index is -0.0980. The highest BCUT2D eigenvalue weighted by Gasteiger charge is 2.35. The Morgan fingerprint density at radius 2 is 2.14 bits per heavy atom. The molecule has 1 aliphatic heterocycles. The van der Waals surface area contributed by atoms with Crippen LogP contribution in [0, 0.1) is 0 Å². The zero-order valence-electron chi connectivity index (χ0n) is 13.5. The largest absolute Gasteiger partial charge is 0.370 e. The normalized spacial score (nSPS) is 27.5. The van der Waals surface area contributed by atoms with Crippen LogP contribution in [0.5, 0.6) is 0 Å². The van der Waals surface area contributed by atoms with Gasteiger partial charge in [-0.15, -0.1) is 0 Å². The van der Waals surface area contributed by atoms with Crippen LogP contribution in [-0.2, 0) is 4.74 Å². The molecule has 2 aliphatic rings. The van der Waals surface area contributed by atoms with Crippen molar-refractivity contribution < 1.29 is 4.74 Å². The first-order chi connectivity index (χ1) is 9.98. The van der Waals surface area contributed by atoms with Crippen LogP contribution in [0.4, 0.5) is 0 Å². The molecule has 1 aromatic carbocycles. The molecule has 2 fully saturated rings. The van der Waals surface area contributed by atoms with Crippen LogP contribution < -0.4 is 5.73 Å². The van der Waals surface area contributed by atoms with Crippen molar-refractivity contribution in [3.63, 3.8) is 0 Å². The monoisotopic (exact) mass is 288 g/mol. The predicted molar refractivity (Wildman–Crippen MR) is 86.4 cm³/mol. The first kappa shape index (κ1) is 15.0. The van der Waals surface area contributed by atoms with Crippen molar-refractivity contribution in [1.29, 1.82) is 0 Å². The van der Waals surface area contributed by atoms with E-state index in [0.29, 0.717) is 12.6 Å². The molecule has 0 aromatic heterocycles. The van der Waals surface area contributed by atoms with Gasteiger partial charge in [-0.2, -0.15) is 0 Å². The highest BCUT2D eigenvalue weighted by Crippen LogP contribution is 2.41. The fourth-order valence-corrected chi connectivity index (χ4v) is 3.67. The van der Waals surface area contributed by atoms with Gasteiger partial charge in [0.1, 0.15) is 0 Å². The Morgan fingerprint density at radius 3 is 2.76 bits per heavy atom. The number of morpholine rings is 1. The summed E-state index contributed by atoms with van der Waals surface area (Å²) >= 11 is 0. The van der Waals surface area contributed by atoms with E-state index < -0.39 is 0 Å². The van der Waals surface area contributed by atoms with Gasteiger partial charge >= 0.3 is 0 Å². The van der Waals surface area contributed by atoms with Gasteiger partial charge in [-0.3, -0.25) is 4.90 Å². The number of ether oxygens (including phenoxy) is 1. The van der Waals surface area contributed by atoms with E-state index in [0.717, 1.165) is 19.0 Å². The van der Waals surface area contributed by atoms with Gasteiger partial charge in [0.2, 0.25) is 0 Å². The molecule has 116 valence electrons. The second kappa shape index (κ2) is 5.71. The summed E-state index contributed by atoms with van der Waals surface area (Å²) < 4.78 is 6.02. The van der Waals surface area contributed by atoms with Crippen LogP contribution in [0.15, 0.2) is 24.3 Å². The molecular formula is C18H28N2O. The molecule has 1 heterocycles. The smallest absolute Gasteiger partial charge is 0.0757 e. The van der Waals surface area contributed by atoms with Crippen molar-refractivity contribution in [2.24, 2.45) is 5.73 Å². The van der Waals surface area contributed by atoms with Crippen molar-refractivity contribution >= 4 is 0 Å². The lowest BCUT2D eigenvalue weighted by Crippen LogP contribution is -2.53. The summed E-state index contributed by atoms with van der Waals surface area (Å²) in [6, 6.07) is 9.37. The zero-order valence-corrected chi connectivity index (χ0v) is 13.5. The third-order valence-corrected chi connectivity index (χ3v) is 4.60. The number of hydrogen-bond donors (Lipinski definition) is 1. The number of hydrogen-bond acceptors (Lipinski definition) is 3. The van der Waals surface area contributed by atoms with Gasteiger partial charge in [0, 0.05) is 25.7 Å². The summed E-state index contributed by atoms with van der Waals surface area (Å²) in [6.45, 7) is 9.05. The SMILES string of the molecule is CC1CN(C(CN)c2cccc(C3CC3)c2)CC(C)(C)O1. The highest BCUT2D eigenvalue weighted by atomic mass is 16.5. The standard InChI is InChI=1S/C18H28N2O/c1-13-11-20(12-18(2,3)21-13)17(10-19)16-6-4-5-15(9-16)14-7-8-14/h4-6,9,13-14,17H,7-8,10-12,19H2,1-3H3. The number of benzene rings is 1. The molecule has 0 amide bonds. The molecule has 2 N–H and O–H groups in total. The third-order valence-electron chi connectivity index (χ3n) is 4.60. The van der Waals surface area contributed by atoms with Gasteiger partial charge in [-0.1, -0.05) is 24.3 Å². The minimum absolute atomic E-state index is 0.0980. The second-order valence-corrected chi connectivity index (χ2v) is 7.31. The van der Waals surface area contributed by atoms with E-state index in [2.05, 4.69) is 49.9 Å². The number of rotatable bonds is 4. The van der Waals surface area contributed by atoms with Crippen molar-refractivity contribution in [3.05, 3.63) is 35.4 Å². The fourth-order valence-electron chi connectivity index (χ4n) is 3.67. The second-order valence-electron chi connectivity index (χ2n) is 7.31. The van der Waals surface area contributed by atoms with E-state index in [4.69, 9.17) is 10.5 Å². The molecule has 0 spiro atoms. The molecule has 1 saturated heterocycles. The van der Waals surface area contributed by atoms with Gasteiger partial charge < -0.3 is 10.5 Å². The Labute approximate surface area is 128 Å². The fraction of sp³-hybridized carbons (Fsp3) is 0.667. The minimum Gasteiger partial charge on any atom is -0.370 e. The Kier molecular flexibility index (Phi) is 4.08. The Balaban J connectivity index is 1.82. The van der Waals surface area contributed by atoms with Crippen LogP contribution >= 0.6 is 0 Å².